The molecule has 1 fully saturated rings. The van der Waals surface area contributed by atoms with Crippen molar-refractivity contribution in [3.05, 3.63) is 11.7 Å². The van der Waals surface area contributed by atoms with Gasteiger partial charge in [-0.3, -0.25) is 0 Å². The van der Waals surface area contributed by atoms with Crippen molar-refractivity contribution in [2.75, 3.05) is 13.1 Å². The molecule has 0 unspecified atom stereocenters. The molecule has 0 spiro atoms. The third kappa shape index (κ3) is 1.72. The normalized spacial score (nSPS) is 22.9. The second-order valence-corrected chi connectivity index (χ2v) is 3.15. The van der Waals surface area contributed by atoms with Crippen molar-refractivity contribution < 1.29 is 17.7 Å². The lowest BCUT2D eigenvalue weighted by molar-refractivity contribution is -0.159. The number of alkyl halides is 3. The molecule has 7 heteroatoms. The van der Waals surface area contributed by atoms with E-state index < -0.39 is 12.1 Å². The lowest BCUT2D eigenvalue weighted by Crippen LogP contribution is -2.09. The number of nitrogens with one attached hydrogen (secondary N) is 1. The van der Waals surface area contributed by atoms with Crippen molar-refractivity contribution in [2.45, 2.75) is 18.5 Å². The summed E-state index contributed by atoms with van der Waals surface area (Å²) in [7, 11) is 0. The van der Waals surface area contributed by atoms with Gasteiger partial charge in [0.05, 0.1) is 0 Å². The maximum atomic E-state index is 12.1. The van der Waals surface area contributed by atoms with Crippen molar-refractivity contribution in [1.82, 2.24) is 15.5 Å². The molecule has 0 saturated carbocycles. The predicted octanol–water partition coefficient (Wildman–Crippen LogP) is 1.17. The molecule has 0 aromatic carbocycles. The number of nitrogens with zero attached hydrogens (tertiary/aromatic N) is 2. The maximum absolute atomic E-state index is 12.1. The molecular weight excluding hydrogens is 199 g/mol. The van der Waals surface area contributed by atoms with Gasteiger partial charge in [-0.05, 0) is 13.0 Å². The van der Waals surface area contributed by atoms with E-state index in [0.717, 1.165) is 13.0 Å². The van der Waals surface area contributed by atoms with Crippen molar-refractivity contribution >= 4 is 0 Å². The molecule has 0 radical (unpaired) electrons. The first kappa shape index (κ1) is 9.45. The van der Waals surface area contributed by atoms with Gasteiger partial charge in [0.25, 0.3) is 0 Å². The number of hydrogen-bond donors (Lipinski definition) is 1. The largest absolute Gasteiger partial charge is 0.471 e. The zero-order valence-corrected chi connectivity index (χ0v) is 7.14. The van der Waals surface area contributed by atoms with Gasteiger partial charge in [0.1, 0.15) is 0 Å². The van der Waals surface area contributed by atoms with E-state index in [4.69, 9.17) is 0 Å². The molecule has 1 aliphatic rings. The summed E-state index contributed by atoms with van der Waals surface area (Å²) in [6.45, 7) is 1.39. The van der Waals surface area contributed by atoms with Crippen LogP contribution in [0.15, 0.2) is 4.52 Å². The molecule has 14 heavy (non-hydrogen) atoms. The first-order valence-electron chi connectivity index (χ1n) is 4.19. The zero-order chi connectivity index (χ0) is 10.2. The van der Waals surface area contributed by atoms with E-state index >= 15 is 0 Å². The van der Waals surface area contributed by atoms with Gasteiger partial charge in [0.15, 0.2) is 5.82 Å². The van der Waals surface area contributed by atoms with Crippen LogP contribution in [0.25, 0.3) is 0 Å². The van der Waals surface area contributed by atoms with Crippen LogP contribution in [0.2, 0.25) is 0 Å². The Kier molecular flexibility index (Phi) is 2.18. The first-order chi connectivity index (χ1) is 6.57. The number of aromatic nitrogens is 2. The smallest absolute Gasteiger partial charge is 0.329 e. The van der Waals surface area contributed by atoms with E-state index in [9.17, 15) is 13.2 Å². The minimum absolute atomic E-state index is 0.0603. The molecule has 0 aliphatic carbocycles. The molecule has 4 nitrogen and oxygen atoms in total. The van der Waals surface area contributed by atoms with Crippen LogP contribution in [0.1, 0.15) is 24.1 Å². The summed E-state index contributed by atoms with van der Waals surface area (Å²) in [5.74, 6) is -1.18. The fourth-order valence-corrected chi connectivity index (χ4v) is 1.39. The van der Waals surface area contributed by atoms with Crippen molar-refractivity contribution in [3.63, 3.8) is 0 Å². The van der Waals surface area contributed by atoms with E-state index in [-0.39, 0.29) is 11.7 Å². The van der Waals surface area contributed by atoms with Crippen LogP contribution in [0, 0.1) is 0 Å². The van der Waals surface area contributed by atoms with Crippen molar-refractivity contribution in [2.24, 2.45) is 0 Å². The molecule has 1 aliphatic heterocycles. The van der Waals surface area contributed by atoms with Crippen molar-refractivity contribution in [1.29, 1.82) is 0 Å². The Morgan fingerprint density at radius 3 is 2.71 bits per heavy atom. The molecule has 0 bridgehead atoms. The highest BCUT2D eigenvalue weighted by Crippen LogP contribution is 2.29. The molecule has 1 saturated heterocycles. The van der Waals surface area contributed by atoms with Crippen LogP contribution < -0.4 is 5.32 Å². The quantitative estimate of drug-likeness (QED) is 0.750. The lowest BCUT2D eigenvalue weighted by Gasteiger charge is -1.99. The zero-order valence-electron chi connectivity index (χ0n) is 7.14. The van der Waals surface area contributed by atoms with Crippen molar-refractivity contribution in [3.8, 4) is 0 Å². The minimum Gasteiger partial charge on any atom is -0.329 e. The van der Waals surface area contributed by atoms with E-state index in [0.29, 0.717) is 6.54 Å². The van der Waals surface area contributed by atoms with Gasteiger partial charge in [0.2, 0.25) is 0 Å². The van der Waals surface area contributed by atoms with Crippen LogP contribution in [-0.2, 0) is 6.18 Å². The van der Waals surface area contributed by atoms with Crippen LogP contribution in [0.5, 0.6) is 0 Å². The Balaban J connectivity index is 2.17. The summed E-state index contributed by atoms with van der Waals surface area (Å²) in [6, 6.07) is 0. The molecule has 0 amide bonds. The van der Waals surface area contributed by atoms with Gasteiger partial charge in [0, 0.05) is 12.5 Å². The molecule has 2 heterocycles. The fourth-order valence-electron chi connectivity index (χ4n) is 1.39. The predicted molar refractivity (Wildman–Crippen MR) is 39.5 cm³/mol. The monoisotopic (exact) mass is 207 g/mol. The Morgan fingerprint density at radius 1 is 1.43 bits per heavy atom. The topological polar surface area (TPSA) is 51.0 Å². The SMILES string of the molecule is FC(F)(F)c1nc([C@H]2CCNC2)no1. The van der Waals surface area contributed by atoms with Gasteiger partial charge in [-0.15, -0.1) is 0 Å². The average molecular weight is 207 g/mol. The fraction of sp³-hybridized carbons (Fsp3) is 0.714. The number of halogens is 3. The summed E-state index contributed by atoms with van der Waals surface area (Å²) >= 11 is 0. The summed E-state index contributed by atoms with van der Waals surface area (Å²) in [4.78, 5) is 3.32. The summed E-state index contributed by atoms with van der Waals surface area (Å²) in [6.07, 6.45) is -3.80. The van der Waals surface area contributed by atoms with Gasteiger partial charge >= 0.3 is 12.1 Å². The van der Waals surface area contributed by atoms with E-state index in [1.165, 1.54) is 0 Å². The van der Waals surface area contributed by atoms with Gasteiger partial charge in [-0.25, -0.2) is 0 Å². The molecular formula is C7H8F3N3O. The number of rotatable bonds is 1. The Labute approximate surface area is 77.5 Å². The molecule has 1 aromatic heterocycles. The highest BCUT2D eigenvalue weighted by Gasteiger charge is 2.39. The molecule has 2 rings (SSSR count). The van der Waals surface area contributed by atoms with Crippen LogP contribution in [0.3, 0.4) is 0 Å². The first-order valence-corrected chi connectivity index (χ1v) is 4.19. The Bertz CT molecular complexity index is 316. The third-order valence-electron chi connectivity index (χ3n) is 2.11. The lowest BCUT2D eigenvalue weighted by atomic mass is 10.1. The van der Waals surface area contributed by atoms with Gasteiger partial charge in [-0.2, -0.15) is 18.2 Å². The van der Waals surface area contributed by atoms with E-state index in [2.05, 4.69) is 20.0 Å². The second kappa shape index (κ2) is 3.23. The van der Waals surface area contributed by atoms with Crippen LogP contribution in [0.4, 0.5) is 13.2 Å². The van der Waals surface area contributed by atoms with E-state index in [1.807, 2.05) is 0 Å². The molecule has 1 N–H and O–H groups in total. The average Bonchev–Trinajstić information content (AvgIpc) is 2.73. The van der Waals surface area contributed by atoms with Gasteiger partial charge < -0.3 is 9.84 Å². The van der Waals surface area contributed by atoms with E-state index in [1.54, 1.807) is 0 Å². The number of hydrogen-bond acceptors (Lipinski definition) is 4. The molecule has 78 valence electrons. The Hall–Kier alpha value is -1.11. The minimum atomic E-state index is -4.54. The highest BCUT2D eigenvalue weighted by molar-refractivity contribution is 5.00. The standard InChI is InChI=1S/C7H8F3N3O/c8-7(9,10)6-12-5(13-14-6)4-1-2-11-3-4/h4,11H,1-3H2/t4-/m0/s1. The molecule has 1 atom stereocenters. The molecule has 1 aromatic rings. The van der Waals surface area contributed by atoms with Gasteiger partial charge in [-0.1, -0.05) is 5.16 Å². The summed E-state index contributed by atoms with van der Waals surface area (Å²) in [5.41, 5.74) is 0. The summed E-state index contributed by atoms with van der Waals surface area (Å²) < 4.78 is 40.4. The maximum Gasteiger partial charge on any atom is 0.471 e. The third-order valence-corrected chi connectivity index (χ3v) is 2.11. The second-order valence-electron chi connectivity index (χ2n) is 3.15. The summed E-state index contributed by atoms with van der Waals surface area (Å²) in [5, 5.41) is 6.33. The van der Waals surface area contributed by atoms with Crippen LogP contribution in [-0.4, -0.2) is 23.2 Å². The highest BCUT2D eigenvalue weighted by atomic mass is 19.4. The van der Waals surface area contributed by atoms with Crippen LogP contribution >= 0.6 is 0 Å². The Morgan fingerprint density at radius 2 is 2.21 bits per heavy atom.